The summed E-state index contributed by atoms with van der Waals surface area (Å²) in [5.41, 5.74) is 0. The van der Waals surface area contributed by atoms with Gasteiger partial charge in [-0.25, -0.2) is 0 Å². The van der Waals surface area contributed by atoms with Gasteiger partial charge in [-0.05, 0) is 34.7 Å². The third-order valence-electron chi connectivity index (χ3n) is 5.42. The molecule has 11 heteroatoms. The van der Waals surface area contributed by atoms with Crippen molar-refractivity contribution in [2.24, 2.45) is 0 Å². The highest BCUT2D eigenvalue weighted by Crippen LogP contribution is 2.30. The minimum atomic E-state index is -3.37. The Labute approximate surface area is 212 Å². The Balaban J connectivity index is 2.62. The second-order valence-corrected chi connectivity index (χ2v) is 17.7. The van der Waals surface area contributed by atoms with E-state index in [2.05, 4.69) is 25.3 Å². The van der Waals surface area contributed by atoms with E-state index < -0.39 is 26.2 Å². The monoisotopic (exact) mass is 544 g/mol. The van der Waals surface area contributed by atoms with Crippen molar-refractivity contribution in [3.8, 4) is 0 Å². The molecule has 0 aromatic heterocycles. The SMILES string of the molecule is CO[Si](CCCS)(OC)O[Si](CCCS)(OC)O[Si](OC)(c1ccccc1)c1ccccc1. The average Bonchev–Trinajstić information content (AvgIpc) is 2.89. The van der Waals surface area contributed by atoms with Crippen LogP contribution in [0.3, 0.4) is 0 Å². The number of rotatable bonds is 16. The van der Waals surface area contributed by atoms with Crippen molar-refractivity contribution in [3.63, 3.8) is 0 Å². The van der Waals surface area contributed by atoms with Crippen molar-refractivity contribution < 1.29 is 25.9 Å². The van der Waals surface area contributed by atoms with Gasteiger partial charge < -0.3 is 25.9 Å². The molecule has 0 saturated carbocycles. The zero-order chi connectivity index (χ0) is 24.2. The second-order valence-electron chi connectivity index (χ2n) is 7.39. The lowest BCUT2D eigenvalue weighted by atomic mass is 10.4. The van der Waals surface area contributed by atoms with Gasteiger partial charge in [0.25, 0.3) is 0 Å². The molecule has 33 heavy (non-hydrogen) atoms. The lowest BCUT2D eigenvalue weighted by Gasteiger charge is -2.42. The van der Waals surface area contributed by atoms with Gasteiger partial charge in [0, 0.05) is 40.5 Å². The van der Waals surface area contributed by atoms with E-state index >= 15 is 0 Å². The maximum absolute atomic E-state index is 7.07. The Bertz CT molecular complexity index is 762. The average molecular weight is 545 g/mol. The Morgan fingerprint density at radius 3 is 1.36 bits per heavy atom. The summed E-state index contributed by atoms with van der Waals surface area (Å²) in [5.74, 6) is 1.38. The van der Waals surface area contributed by atoms with Crippen LogP contribution in [0.2, 0.25) is 12.1 Å². The highest BCUT2D eigenvalue weighted by atomic mass is 32.1. The van der Waals surface area contributed by atoms with Gasteiger partial charge in [-0.3, -0.25) is 0 Å². The maximum atomic E-state index is 7.07. The quantitative estimate of drug-likeness (QED) is 0.250. The zero-order valence-corrected chi connectivity index (χ0v) is 24.6. The Kier molecular flexibility index (Phi) is 12.4. The molecule has 0 aliphatic heterocycles. The molecule has 2 aromatic rings. The normalized spacial score (nSPS) is 14.2. The van der Waals surface area contributed by atoms with Gasteiger partial charge in [0.1, 0.15) is 0 Å². The minimum Gasteiger partial charge on any atom is -0.391 e. The fourth-order valence-electron chi connectivity index (χ4n) is 3.65. The number of benzene rings is 2. The first-order valence-electron chi connectivity index (χ1n) is 10.9. The van der Waals surface area contributed by atoms with E-state index in [1.54, 1.807) is 28.4 Å². The molecule has 184 valence electrons. The molecule has 1 atom stereocenters. The topological polar surface area (TPSA) is 55.4 Å². The minimum absolute atomic E-state index is 0.563. The first kappa shape index (κ1) is 28.8. The molecule has 0 spiro atoms. The molecule has 0 amide bonds. The Hall–Kier alpha value is -0.449. The van der Waals surface area contributed by atoms with E-state index in [9.17, 15) is 0 Å². The predicted molar refractivity (Wildman–Crippen MR) is 146 cm³/mol. The molecule has 0 N–H and O–H groups in total. The third kappa shape index (κ3) is 7.27. The van der Waals surface area contributed by atoms with E-state index in [-0.39, 0.29) is 0 Å². The van der Waals surface area contributed by atoms with Gasteiger partial charge in [-0.2, -0.15) is 25.3 Å². The second kappa shape index (κ2) is 14.2. The molecule has 0 aliphatic rings. The first-order chi connectivity index (χ1) is 16.0. The highest BCUT2D eigenvalue weighted by molar-refractivity contribution is 7.80. The van der Waals surface area contributed by atoms with E-state index in [0.29, 0.717) is 23.6 Å². The van der Waals surface area contributed by atoms with E-state index in [1.165, 1.54) is 0 Å². The number of thiol groups is 2. The molecule has 0 bridgehead atoms. The summed E-state index contributed by atoms with van der Waals surface area (Å²) in [6, 6.07) is 21.2. The van der Waals surface area contributed by atoms with Crippen LogP contribution < -0.4 is 10.4 Å². The fourth-order valence-corrected chi connectivity index (χ4v) is 16.7. The van der Waals surface area contributed by atoms with Crippen molar-refractivity contribution in [3.05, 3.63) is 60.7 Å². The van der Waals surface area contributed by atoms with Crippen molar-refractivity contribution in [1.82, 2.24) is 0 Å². The number of hydrogen-bond donors (Lipinski definition) is 2. The van der Waals surface area contributed by atoms with Crippen LogP contribution in [0.15, 0.2) is 60.7 Å². The fraction of sp³-hybridized carbons (Fsp3) is 0.455. The summed E-state index contributed by atoms with van der Waals surface area (Å²) in [4.78, 5) is 0. The van der Waals surface area contributed by atoms with Crippen molar-refractivity contribution in [1.29, 1.82) is 0 Å². The molecular weight excluding hydrogens is 509 g/mol. The molecule has 0 aliphatic carbocycles. The highest BCUT2D eigenvalue weighted by Gasteiger charge is 2.58. The van der Waals surface area contributed by atoms with Crippen LogP contribution in [0.5, 0.6) is 0 Å². The summed E-state index contributed by atoms with van der Waals surface area (Å²) in [5, 5.41) is 1.94. The summed E-state index contributed by atoms with van der Waals surface area (Å²) >= 11 is 8.80. The molecule has 1 unspecified atom stereocenters. The lowest BCUT2D eigenvalue weighted by Crippen LogP contribution is -2.71. The van der Waals surface area contributed by atoms with Crippen LogP contribution in [-0.2, 0) is 25.9 Å². The molecule has 0 fully saturated rings. The summed E-state index contributed by atoms with van der Waals surface area (Å²) < 4.78 is 38.0. The maximum Gasteiger partial charge on any atom is 0.493 e. The zero-order valence-electron chi connectivity index (χ0n) is 19.9. The van der Waals surface area contributed by atoms with Crippen LogP contribution in [0.25, 0.3) is 0 Å². The van der Waals surface area contributed by atoms with Gasteiger partial charge >= 0.3 is 26.2 Å². The van der Waals surface area contributed by atoms with Crippen molar-refractivity contribution in [2.75, 3.05) is 39.9 Å². The van der Waals surface area contributed by atoms with E-state index in [0.717, 1.165) is 23.2 Å². The molecule has 2 aromatic carbocycles. The number of hydrogen-bond acceptors (Lipinski definition) is 8. The lowest BCUT2D eigenvalue weighted by molar-refractivity contribution is 0.0972. The van der Waals surface area contributed by atoms with Crippen LogP contribution in [0.4, 0.5) is 0 Å². The smallest absolute Gasteiger partial charge is 0.391 e. The third-order valence-corrected chi connectivity index (χ3v) is 17.5. The predicted octanol–water partition coefficient (Wildman–Crippen LogP) is 3.38. The van der Waals surface area contributed by atoms with Gasteiger partial charge in [-0.1, -0.05) is 60.7 Å². The molecular formula is C22H36O6S2Si3. The van der Waals surface area contributed by atoms with Gasteiger partial charge in [-0.15, -0.1) is 0 Å². The Morgan fingerprint density at radius 2 is 1.00 bits per heavy atom. The van der Waals surface area contributed by atoms with E-state index in [1.807, 2.05) is 60.7 Å². The van der Waals surface area contributed by atoms with Crippen molar-refractivity contribution in [2.45, 2.75) is 24.9 Å². The van der Waals surface area contributed by atoms with Crippen LogP contribution >= 0.6 is 25.3 Å². The van der Waals surface area contributed by atoms with Crippen LogP contribution in [0, 0.1) is 0 Å². The first-order valence-corrected chi connectivity index (χ1v) is 17.9. The molecule has 0 radical (unpaired) electrons. The molecule has 2 rings (SSSR count). The van der Waals surface area contributed by atoms with Crippen LogP contribution in [-0.4, -0.2) is 66.1 Å². The summed E-state index contributed by atoms with van der Waals surface area (Å²) in [6.07, 6.45) is 1.55. The summed E-state index contributed by atoms with van der Waals surface area (Å²) in [7, 11) is -3.07. The summed E-state index contributed by atoms with van der Waals surface area (Å²) in [6.45, 7) is 0. The van der Waals surface area contributed by atoms with Gasteiger partial charge in [0.2, 0.25) is 0 Å². The molecule has 6 nitrogen and oxygen atoms in total. The molecule has 0 heterocycles. The standard InChI is InChI=1S/C22H36O6S2Si3/c1-23-31(24-2,19-11-17-29)27-32(25-3,20-12-18-30)28-33(26-4,21-13-7-5-8-14-21)22-15-9-6-10-16-22/h5-10,13-16,29-30H,11-12,17-20H2,1-4H3. The largest absolute Gasteiger partial charge is 0.493 e. The van der Waals surface area contributed by atoms with Gasteiger partial charge in [0.05, 0.1) is 0 Å². The van der Waals surface area contributed by atoms with Gasteiger partial charge in [0.15, 0.2) is 0 Å². The van der Waals surface area contributed by atoms with Crippen molar-refractivity contribution >= 4 is 61.8 Å². The molecule has 0 saturated heterocycles. The Morgan fingerprint density at radius 1 is 0.576 bits per heavy atom. The van der Waals surface area contributed by atoms with Crippen LogP contribution in [0.1, 0.15) is 12.8 Å². The van der Waals surface area contributed by atoms with E-state index in [4.69, 9.17) is 25.9 Å².